The summed E-state index contributed by atoms with van der Waals surface area (Å²) in [7, 11) is 0. The smallest absolute Gasteiger partial charge is 0.230 e. The van der Waals surface area contributed by atoms with Gasteiger partial charge >= 0.3 is 0 Å². The van der Waals surface area contributed by atoms with E-state index in [1.54, 1.807) is 0 Å². The number of amides is 1. The normalized spacial score (nSPS) is 12.7. The number of aromatic nitrogens is 1. The molecule has 0 radical (unpaired) electrons. The highest BCUT2D eigenvalue weighted by Crippen LogP contribution is 2.31. The summed E-state index contributed by atoms with van der Waals surface area (Å²) in [4.78, 5) is 15.7. The maximum atomic E-state index is 12.5. The van der Waals surface area contributed by atoms with Crippen LogP contribution in [0.15, 0.2) is 30.5 Å². The molecule has 1 amide bonds. The molecular formula is C16H22N2O. The molecule has 0 aliphatic carbocycles. The van der Waals surface area contributed by atoms with Crippen LogP contribution in [-0.2, 0) is 10.2 Å². The van der Waals surface area contributed by atoms with Crippen molar-refractivity contribution >= 4 is 16.8 Å². The number of benzene rings is 1. The van der Waals surface area contributed by atoms with Crippen LogP contribution in [0.1, 0.15) is 40.2 Å². The van der Waals surface area contributed by atoms with Crippen LogP contribution in [0.2, 0.25) is 0 Å². The van der Waals surface area contributed by atoms with Crippen molar-refractivity contribution in [1.29, 1.82) is 0 Å². The van der Waals surface area contributed by atoms with Crippen molar-refractivity contribution in [2.24, 2.45) is 0 Å². The summed E-state index contributed by atoms with van der Waals surface area (Å²) in [6, 6.07) is 8.06. The highest BCUT2D eigenvalue weighted by atomic mass is 16.2. The Bertz CT molecular complexity index is 602. The van der Waals surface area contributed by atoms with E-state index in [1.807, 2.05) is 65.1 Å². The van der Waals surface area contributed by atoms with E-state index in [2.05, 4.69) is 10.3 Å². The average Bonchev–Trinajstić information content (AvgIpc) is 2.70. The third kappa shape index (κ3) is 2.65. The highest BCUT2D eigenvalue weighted by Gasteiger charge is 2.33. The third-order valence-electron chi connectivity index (χ3n) is 3.32. The first-order valence-corrected chi connectivity index (χ1v) is 6.61. The van der Waals surface area contributed by atoms with E-state index in [0.717, 1.165) is 16.5 Å². The Hall–Kier alpha value is -1.77. The number of aromatic amines is 1. The first kappa shape index (κ1) is 13.7. The molecule has 0 fully saturated rings. The molecule has 2 N–H and O–H groups in total. The SMILES string of the molecule is CC(C)(C)NC(=O)C(C)(C)c1c[nH]c2ccccc12. The first-order valence-electron chi connectivity index (χ1n) is 6.61. The van der Waals surface area contributed by atoms with Gasteiger partial charge in [-0.15, -0.1) is 0 Å². The maximum absolute atomic E-state index is 12.5. The van der Waals surface area contributed by atoms with E-state index in [-0.39, 0.29) is 11.4 Å². The minimum atomic E-state index is -0.563. The molecule has 102 valence electrons. The van der Waals surface area contributed by atoms with Crippen molar-refractivity contribution in [2.75, 3.05) is 0 Å². The molecule has 3 heteroatoms. The predicted molar refractivity (Wildman–Crippen MR) is 79.2 cm³/mol. The molecular weight excluding hydrogens is 236 g/mol. The van der Waals surface area contributed by atoms with Gasteiger partial charge in [0.05, 0.1) is 5.41 Å². The lowest BCUT2D eigenvalue weighted by molar-refractivity contribution is -0.127. The number of hydrogen-bond acceptors (Lipinski definition) is 1. The number of H-pyrrole nitrogens is 1. The van der Waals surface area contributed by atoms with Gasteiger partial charge in [-0.1, -0.05) is 18.2 Å². The summed E-state index contributed by atoms with van der Waals surface area (Å²) < 4.78 is 0. The summed E-state index contributed by atoms with van der Waals surface area (Å²) in [5, 5.41) is 4.17. The van der Waals surface area contributed by atoms with Gasteiger partial charge in [0.25, 0.3) is 0 Å². The number of fused-ring (bicyclic) bond motifs is 1. The number of nitrogens with one attached hydrogen (secondary N) is 2. The lowest BCUT2D eigenvalue weighted by atomic mass is 9.83. The number of para-hydroxylation sites is 1. The van der Waals surface area contributed by atoms with E-state index in [1.165, 1.54) is 0 Å². The molecule has 19 heavy (non-hydrogen) atoms. The fourth-order valence-corrected chi connectivity index (χ4v) is 2.21. The molecule has 1 aromatic carbocycles. The largest absolute Gasteiger partial charge is 0.361 e. The zero-order valence-corrected chi connectivity index (χ0v) is 12.3. The van der Waals surface area contributed by atoms with Gasteiger partial charge in [-0.2, -0.15) is 0 Å². The summed E-state index contributed by atoms with van der Waals surface area (Å²) in [5.74, 6) is 0.0461. The predicted octanol–water partition coefficient (Wildman–Crippen LogP) is 3.36. The Morgan fingerprint density at radius 2 is 1.74 bits per heavy atom. The molecule has 0 bridgehead atoms. The zero-order valence-electron chi connectivity index (χ0n) is 12.3. The van der Waals surface area contributed by atoms with Gasteiger partial charge in [0, 0.05) is 22.6 Å². The monoisotopic (exact) mass is 258 g/mol. The van der Waals surface area contributed by atoms with Crippen LogP contribution in [0, 0.1) is 0 Å². The zero-order chi connectivity index (χ0) is 14.3. The van der Waals surface area contributed by atoms with Gasteiger partial charge < -0.3 is 10.3 Å². The highest BCUT2D eigenvalue weighted by molar-refractivity contribution is 5.94. The Morgan fingerprint density at radius 3 is 2.37 bits per heavy atom. The van der Waals surface area contributed by atoms with Crippen LogP contribution in [0.5, 0.6) is 0 Å². The molecule has 0 saturated carbocycles. The van der Waals surface area contributed by atoms with Gasteiger partial charge in [-0.05, 0) is 46.2 Å². The molecule has 1 aromatic heterocycles. The van der Waals surface area contributed by atoms with Crippen LogP contribution in [-0.4, -0.2) is 16.4 Å². The van der Waals surface area contributed by atoms with Gasteiger partial charge in [0.2, 0.25) is 5.91 Å². The second kappa shape index (κ2) is 4.41. The maximum Gasteiger partial charge on any atom is 0.230 e. The van der Waals surface area contributed by atoms with E-state index < -0.39 is 5.41 Å². The van der Waals surface area contributed by atoms with E-state index in [0.29, 0.717) is 0 Å². The summed E-state index contributed by atoms with van der Waals surface area (Å²) in [6.45, 7) is 9.91. The molecule has 1 heterocycles. The van der Waals surface area contributed by atoms with Crippen LogP contribution in [0.25, 0.3) is 10.9 Å². The lowest BCUT2D eigenvalue weighted by Crippen LogP contribution is -2.48. The van der Waals surface area contributed by atoms with Crippen molar-refractivity contribution in [3.05, 3.63) is 36.0 Å². The minimum Gasteiger partial charge on any atom is -0.361 e. The Kier molecular flexibility index (Phi) is 3.17. The molecule has 0 spiro atoms. The fraction of sp³-hybridized carbons (Fsp3) is 0.438. The number of carbonyl (C=O) groups excluding carboxylic acids is 1. The Labute approximate surface area is 114 Å². The molecule has 3 nitrogen and oxygen atoms in total. The van der Waals surface area contributed by atoms with Crippen molar-refractivity contribution in [3.63, 3.8) is 0 Å². The Morgan fingerprint density at radius 1 is 1.11 bits per heavy atom. The summed E-state index contributed by atoms with van der Waals surface area (Å²) in [6.07, 6.45) is 1.94. The molecule has 0 saturated heterocycles. The first-order chi connectivity index (χ1) is 8.72. The lowest BCUT2D eigenvalue weighted by Gasteiger charge is -2.29. The van der Waals surface area contributed by atoms with Gasteiger partial charge in [-0.25, -0.2) is 0 Å². The van der Waals surface area contributed by atoms with Gasteiger partial charge in [-0.3, -0.25) is 4.79 Å². The van der Waals surface area contributed by atoms with E-state index >= 15 is 0 Å². The molecule has 2 aromatic rings. The van der Waals surface area contributed by atoms with Gasteiger partial charge in [0.15, 0.2) is 0 Å². The van der Waals surface area contributed by atoms with Crippen molar-refractivity contribution < 1.29 is 4.79 Å². The number of rotatable bonds is 2. The van der Waals surface area contributed by atoms with Crippen LogP contribution in [0.3, 0.4) is 0 Å². The molecule has 0 aliphatic rings. The topological polar surface area (TPSA) is 44.9 Å². The van der Waals surface area contributed by atoms with Crippen molar-refractivity contribution in [3.8, 4) is 0 Å². The molecule has 0 aliphatic heterocycles. The van der Waals surface area contributed by atoms with E-state index in [4.69, 9.17) is 0 Å². The number of carbonyl (C=O) groups is 1. The Balaban J connectivity index is 2.41. The van der Waals surface area contributed by atoms with Gasteiger partial charge in [0.1, 0.15) is 0 Å². The minimum absolute atomic E-state index is 0.0461. The molecule has 0 unspecified atom stereocenters. The van der Waals surface area contributed by atoms with Crippen molar-refractivity contribution in [1.82, 2.24) is 10.3 Å². The average molecular weight is 258 g/mol. The summed E-state index contributed by atoms with van der Waals surface area (Å²) >= 11 is 0. The fourth-order valence-electron chi connectivity index (χ4n) is 2.21. The summed E-state index contributed by atoms with van der Waals surface area (Å²) in [5.41, 5.74) is 1.31. The quantitative estimate of drug-likeness (QED) is 0.852. The number of hydrogen-bond donors (Lipinski definition) is 2. The van der Waals surface area contributed by atoms with Crippen LogP contribution < -0.4 is 5.32 Å². The van der Waals surface area contributed by atoms with E-state index in [9.17, 15) is 4.79 Å². The molecule has 2 rings (SSSR count). The van der Waals surface area contributed by atoms with Crippen molar-refractivity contribution in [2.45, 2.75) is 45.6 Å². The second-order valence-electron chi connectivity index (χ2n) is 6.58. The molecule has 0 atom stereocenters. The standard InChI is InChI=1S/C16H22N2O/c1-15(2,3)18-14(19)16(4,5)12-10-17-13-9-7-6-8-11(12)13/h6-10,17H,1-5H3,(H,18,19). The van der Waals surface area contributed by atoms with Crippen LogP contribution >= 0.6 is 0 Å². The second-order valence-corrected chi connectivity index (χ2v) is 6.58. The third-order valence-corrected chi connectivity index (χ3v) is 3.32. The van der Waals surface area contributed by atoms with Crippen LogP contribution in [0.4, 0.5) is 0 Å².